The van der Waals surface area contributed by atoms with Gasteiger partial charge in [0.05, 0.1) is 12.2 Å². The maximum absolute atomic E-state index is 12.8. The summed E-state index contributed by atoms with van der Waals surface area (Å²) in [6, 6.07) is 4.97. The number of rotatable bonds is 9. The van der Waals surface area contributed by atoms with Crippen molar-refractivity contribution in [2.45, 2.75) is 44.4 Å². The Morgan fingerprint density at radius 3 is 2.57 bits per heavy atom. The predicted octanol–water partition coefficient (Wildman–Crippen LogP) is 2.67. The molecule has 1 saturated heterocycles. The van der Waals surface area contributed by atoms with Crippen molar-refractivity contribution in [2.75, 3.05) is 40.4 Å². The summed E-state index contributed by atoms with van der Waals surface area (Å²) < 4.78 is 43.4. The number of benzene rings is 1. The lowest BCUT2D eigenvalue weighted by molar-refractivity contribution is -0.138. The second kappa shape index (κ2) is 11.3. The minimum absolute atomic E-state index is 0.00605. The van der Waals surface area contributed by atoms with E-state index >= 15 is 0 Å². The van der Waals surface area contributed by atoms with Gasteiger partial charge in [-0.05, 0) is 50.7 Å². The SMILES string of the molecule is COCCN(C(=O)CCC(=O)NCc1cccc(C(F)(F)F)c1)C1CCN(C)CC1. The standard InChI is InChI=1S/C21H30F3N3O3/c1-26-10-8-18(9-11-26)27(12-13-30-2)20(29)7-6-19(28)25-15-16-4-3-5-17(14-16)21(22,23)24/h3-5,14,18H,6-13,15H2,1-2H3,(H,25,28). The third kappa shape index (κ3) is 7.60. The third-order valence-electron chi connectivity index (χ3n) is 5.30. The van der Waals surface area contributed by atoms with Crippen molar-refractivity contribution in [3.05, 3.63) is 35.4 Å². The topological polar surface area (TPSA) is 61.9 Å². The van der Waals surface area contributed by atoms with E-state index in [2.05, 4.69) is 10.2 Å². The fourth-order valence-electron chi connectivity index (χ4n) is 3.52. The number of carbonyl (C=O) groups excluding carboxylic acids is 2. The molecule has 1 fully saturated rings. The van der Waals surface area contributed by atoms with Crippen molar-refractivity contribution in [1.82, 2.24) is 15.1 Å². The van der Waals surface area contributed by atoms with Gasteiger partial charge in [-0.3, -0.25) is 9.59 Å². The van der Waals surface area contributed by atoms with Crippen LogP contribution in [-0.4, -0.2) is 68.1 Å². The molecule has 2 rings (SSSR count). The zero-order valence-corrected chi connectivity index (χ0v) is 17.5. The van der Waals surface area contributed by atoms with Crippen LogP contribution < -0.4 is 5.32 Å². The number of ether oxygens (including phenoxy) is 1. The second-order valence-electron chi connectivity index (χ2n) is 7.59. The summed E-state index contributed by atoms with van der Waals surface area (Å²) in [5.74, 6) is -0.466. The molecular weight excluding hydrogens is 399 g/mol. The van der Waals surface area contributed by atoms with Gasteiger partial charge in [0.2, 0.25) is 11.8 Å². The highest BCUT2D eigenvalue weighted by Gasteiger charge is 2.30. The van der Waals surface area contributed by atoms with E-state index in [9.17, 15) is 22.8 Å². The summed E-state index contributed by atoms with van der Waals surface area (Å²) in [5.41, 5.74) is -0.395. The number of nitrogens with one attached hydrogen (secondary N) is 1. The maximum atomic E-state index is 12.8. The molecule has 30 heavy (non-hydrogen) atoms. The highest BCUT2D eigenvalue weighted by Crippen LogP contribution is 2.29. The number of nitrogens with zero attached hydrogens (tertiary/aromatic N) is 2. The summed E-state index contributed by atoms with van der Waals surface area (Å²) in [5, 5.41) is 2.59. The molecule has 1 aromatic carbocycles. The fraction of sp³-hybridized carbons (Fsp3) is 0.619. The number of alkyl halides is 3. The Labute approximate surface area is 175 Å². The van der Waals surface area contributed by atoms with E-state index in [1.54, 1.807) is 12.0 Å². The minimum Gasteiger partial charge on any atom is -0.383 e. The van der Waals surface area contributed by atoms with Crippen LogP contribution in [0.15, 0.2) is 24.3 Å². The van der Waals surface area contributed by atoms with Crippen LogP contribution in [0.25, 0.3) is 0 Å². The van der Waals surface area contributed by atoms with Crippen LogP contribution in [0.3, 0.4) is 0 Å². The van der Waals surface area contributed by atoms with Gasteiger partial charge in [0.15, 0.2) is 0 Å². The number of piperidine rings is 1. The van der Waals surface area contributed by atoms with Crippen LogP contribution in [0, 0.1) is 0 Å². The molecule has 168 valence electrons. The molecule has 1 N–H and O–H groups in total. The molecule has 1 heterocycles. The molecule has 0 saturated carbocycles. The monoisotopic (exact) mass is 429 g/mol. The number of hydrogen-bond acceptors (Lipinski definition) is 4. The predicted molar refractivity (Wildman–Crippen MR) is 107 cm³/mol. The number of hydrogen-bond donors (Lipinski definition) is 1. The first kappa shape index (κ1) is 24.1. The van der Waals surface area contributed by atoms with Crippen LogP contribution >= 0.6 is 0 Å². The molecule has 0 bridgehead atoms. The number of carbonyl (C=O) groups is 2. The Kier molecular flexibility index (Phi) is 9.10. The molecule has 1 aliphatic rings. The first-order chi connectivity index (χ1) is 14.2. The van der Waals surface area contributed by atoms with Gasteiger partial charge in [0, 0.05) is 39.1 Å². The quantitative estimate of drug-likeness (QED) is 0.656. The smallest absolute Gasteiger partial charge is 0.383 e. The van der Waals surface area contributed by atoms with E-state index in [4.69, 9.17) is 4.74 Å². The molecule has 0 spiro atoms. The van der Waals surface area contributed by atoms with Gasteiger partial charge in [-0.1, -0.05) is 12.1 Å². The molecule has 9 heteroatoms. The highest BCUT2D eigenvalue weighted by molar-refractivity contribution is 5.84. The van der Waals surface area contributed by atoms with Crippen LogP contribution in [0.4, 0.5) is 13.2 Å². The van der Waals surface area contributed by atoms with Crippen LogP contribution in [0.5, 0.6) is 0 Å². The summed E-state index contributed by atoms with van der Waals surface area (Å²) in [7, 11) is 3.63. The highest BCUT2D eigenvalue weighted by atomic mass is 19.4. The lowest BCUT2D eigenvalue weighted by Gasteiger charge is -2.37. The van der Waals surface area contributed by atoms with E-state index < -0.39 is 11.7 Å². The van der Waals surface area contributed by atoms with Gasteiger partial charge < -0.3 is 19.9 Å². The maximum Gasteiger partial charge on any atom is 0.416 e. The van der Waals surface area contributed by atoms with Gasteiger partial charge in [-0.25, -0.2) is 0 Å². The molecule has 0 aliphatic carbocycles. The van der Waals surface area contributed by atoms with Crippen LogP contribution in [0.2, 0.25) is 0 Å². The Bertz CT molecular complexity index is 704. The van der Waals surface area contributed by atoms with Crippen molar-refractivity contribution >= 4 is 11.8 Å². The first-order valence-corrected chi connectivity index (χ1v) is 10.1. The van der Waals surface area contributed by atoms with Crippen molar-refractivity contribution in [3.8, 4) is 0 Å². The molecule has 0 unspecified atom stereocenters. The molecule has 6 nitrogen and oxygen atoms in total. The molecule has 0 radical (unpaired) electrons. The molecule has 0 atom stereocenters. The van der Waals surface area contributed by atoms with Crippen molar-refractivity contribution < 1.29 is 27.5 Å². The lowest BCUT2D eigenvalue weighted by atomic mass is 10.0. The van der Waals surface area contributed by atoms with E-state index in [0.29, 0.717) is 18.7 Å². The van der Waals surface area contributed by atoms with Gasteiger partial charge in [-0.2, -0.15) is 13.2 Å². The van der Waals surface area contributed by atoms with Crippen LogP contribution in [-0.2, 0) is 27.0 Å². The number of methoxy groups -OCH3 is 1. The second-order valence-corrected chi connectivity index (χ2v) is 7.59. The Morgan fingerprint density at radius 1 is 1.23 bits per heavy atom. The molecule has 2 amide bonds. The number of likely N-dealkylation sites (tertiary alicyclic amines) is 1. The number of amides is 2. The summed E-state index contributed by atoms with van der Waals surface area (Å²) in [4.78, 5) is 28.9. The largest absolute Gasteiger partial charge is 0.416 e. The van der Waals surface area contributed by atoms with E-state index in [-0.39, 0.29) is 37.2 Å². The minimum atomic E-state index is -4.42. The normalized spacial score (nSPS) is 15.8. The molecule has 0 aromatic heterocycles. The Hall–Kier alpha value is -2.13. The summed E-state index contributed by atoms with van der Waals surface area (Å²) >= 11 is 0. The van der Waals surface area contributed by atoms with Crippen molar-refractivity contribution in [2.24, 2.45) is 0 Å². The first-order valence-electron chi connectivity index (χ1n) is 10.1. The van der Waals surface area contributed by atoms with Gasteiger partial charge in [-0.15, -0.1) is 0 Å². The van der Waals surface area contributed by atoms with E-state index in [0.717, 1.165) is 38.1 Å². The van der Waals surface area contributed by atoms with Crippen molar-refractivity contribution in [3.63, 3.8) is 0 Å². The molecular formula is C21H30F3N3O3. The lowest BCUT2D eigenvalue weighted by Crippen LogP contribution is -2.47. The van der Waals surface area contributed by atoms with Gasteiger partial charge in [0.1, 0.15) is 0 Å². The average molecular weight is 429 g/mol. The zero-order chi connectivity index (χ0) is 22.1. The van der Waals surface area contributed by atoms with Crippen molar-refractivity contribution in [1.29, 1.82) is 0 Å². The summed E-state index contributed by atoms with van der Waals surface area (Å²) in [6.45, 7) is 2.73. The molecule has 1 aromatic rings. The van der Waals surface area contributed by atoms with E-state index in [1.165, 1.54) is 12.1 Å². The van der Waals surface area contributed by atoms with Gasteiger partial charge >= 0.3 is 6.18 Å². The zero-order valence-electron chi connectivity index (χ0n) is 17.5. The number of halogens is 3. The summed E-state index contributed by atoms with van der Waals surface area (Å²) in [6.07, 6.45) is -2.61. The average Bonchev–Trinajstić information content (AvgIpc) is 2.71. The Morgan fingerprint density at radius 2 is 1.93 bits per heavy atom. The third-order valence-corrected chi connectivity index (χ3v) is 5.30. The molecule has 1 aliphatic heterocycles. The van der Waals surface area contributed by atoms with E-state index in [1.807, 2.05) is 7.05 Å². The van der Waals surface area contributed by atoms with Crippen LogP contribution in [0.1, 0.15) is 36.8 Å². The van der Waals surface area contributed by atoms with Gasteiger partial charge in [0.25, 0.3) is 0 Å². The fourth-order valence-corrected chi connectivity index (χ4v) is 3.52. The Balaban J connectivity index is 1.83.